The number of anilines is 1. The van der Waals surface area contributed by atoms with Gasteiger partial charge in [-0.3, -0.25) is 0 Å². The second kappa shape index (κ2) is 14.8. The van der Waals surface area contributed by atoms with Gasteiger partial charge in [0.25, 0.3) is 0 Å². The van der Waals surface area contributed by atoms with E-state index < -0.39 is 31.0 Å². The lowest BCUT2D eigenvalue weighted by Gasteiger charge is -2.30. The van der Waals surface area contributed by atoms with Crippen LogP contribution in [0.5, 0.6) is 0 Å². The highest BCUT2D eigenvalue weighted by molar-refractivity contribution is 7.13. The van der Waals surface area contributed by atoms with Gasteiger partial charge in [0.2, 0.25) is 0 Å². The van der Waals surface area contributed by atoms with Crippen molar-refractivity contribution < 1.29 is 30.0 Å². The van der Waals surface area contributed by atoms with Gasteiger partial charge < -0.3 is 30.1 Å². The van der Waals surface area contributed by atoms with Crippen molar-refractivity contribution in [3.63, 3.8) is 0 Å². The van der Waals surface area contributed by atoms with E-state index in [1.807, 2.05) is 6.07 Å². The molecule has 0 saturated carbocycles. The van der Waals surface area contributed by atoms with Crippen LogP contribution in [0.3, 0.4) is 0 Å². The molecule has 8 heteroatoms. The van der Waals surface area contributed by atoms with Gasteiger partial charge in [0.1, 0.15) is 29.9 Å². The lowest BCUT2D eigenvalue weighted by molar-refractivity contribution is -0.0466. The number of nitrogens with zero attached hydrogens (tertiary/aromatic N) is 1. The molecule has 1 saturated heterocycles. The molecule has 37 heavy (non-hydrogen) atoms. The van der Waals surface area contributed by atoms with Crippen molar-refractivity contribution in [3.8, 4) is 0 Å². The van der Waals surface area contributed by atoms with Crippen molar-refractivity contribution in [2.75, 3.05) is 18.1 Å². The minimum atomic E-state index is -1.34. The van der Waals surface area contributed by atoms with E-state index in [0.717, 1.165) is 42.7 Å². The van der Waals surface area contributed by atoms with Gasteiger partial charge in [-0.15, -0.1) is 11.3 Å². The summed E-state index contributed by atoms with van der Waals surface area (Å²) in [6, 6.07) is 12.6. The fourth-order valence-electron chi connectivity index (χ4n) is 4.97. The summed E-state index contributed by atoms with van der Waals surface area (Å²) in [6.07, 6.45) is 6.33. The Morgan fingerprint density at radius 2 is 1.84 bits per heavy atom. The minimum absolute atomic E-state index is 0.284. The van der Waals surface area contributed by atoms with Crippen molar-refractivity contribution in [1.82, 2.24) is 0 Å². The van der Waals surface area contributed by atoms with Crippen LogP contribution in [0.25, 0.3) is 0 Å². The molecule has 206 valence electrons. The molecule has 2 aromatic rings. The molecule has 2 heterocycles. The Balaban J connectivity index is 1.48. The van der Waals surface area contributed by atoms with Gasteiger partial charge >= 0.3 is 5.97 Å². The van der Waals surface area contributed by atoms with Crippen molar-refractivity contribution in [2.45, 2.75) is 102 Å². The summed E-state index contributed by atoms with van der Waals surface area (Å²) in [5, 5.41) is 38.5. The molecular formula is C29H43NO6S. The summed E-state index contributed by atoms with van der Waals surface area (Å²) in [6.45, 7) is 3.56. The molecule has 0 spiro atoms. The predicted octanol–water partition coefficient (Wildman–Crippen LogP) is 4.61. The van der Waals surface area contributed by atoms with E-state index in [9.17, 15) is 20.1 Å². The molecule has 5 atom stereocenters. The van der Waals surface area contributed by atoms with Crippen LogP contribution in [-0.4, -0.2) is 64.1 Å². The molecule has 1 fully saturated rings. The number of ether oxygens (including phenoxy) is 1. The number of benzene rings is 1. The molecule has 1 aliphatic heterocycles. The fraction of sp³-hybridized carbons (Fsp3) is 0.621. The average Bonchev–Trinajstić information content (AvgIpc) is 3.53. The highest BCUT2D eigenvalue weighted by Crippen LogP contribution is 2.34. The predicted molar refractivity (Wildman–Crippen MR) is 147 cm³/mol. The molecule has 1 aromatic heterocycles. The lowest BCUT2D eigenvalue weighted by Crippen LogP contribution is -2.36. The maximum Gasteiger partial charge on any atom is 0.348 e. The zero-order valence-corrected chi connectivity index (χ0v) is 22.9. The van der Waals surface area contributed by atoms with E-state index in [0.29, 0.717) is 10.8 Å². The van der Waals surface area contributed by atoms with Crippen molar-refractivity contribution >= 4 is 23.0 Å². The number of carbonyl (C=O) groups is 1. The van der Waals surface area contributed by atoms with Gasteiger partial charge in [-0.25, -0.2) is 4.79 Å². The Morgan fingerprint density at radius 3 is 2.54 bits per heavy atom. The van der Waals surface area contributed by atoms with Gasteiger partial charge in [0.15, 0.2) is 0 Å². The van der Waals surface area contributed by atoms with Gasteiger partial charge in [-0.05, 0) is 74.3 Å². The van der Waals surface area contributed by atoms with Crippen LogP contribution >= 0.6 is 11.3 Å². The largest absolute Gasteiger partial charge is 0.459 e. The average molecular weight is 534 g/mol. The number of aliphatic hydroxyl groups is 4. The lowest BCUT2D eigenvalue weighted by atomic mass is 9.95. The topological polar surface area (TPSA) is 110 Å². The second-order valence-electron chi connectivity index (χ2n) is 10.2. The zero-order chi connectivity index (χ0) is 26.8. The fourth-order valence-corrected chi connectivity index (χ4v) is 5.91. The van der Waals surface area contributed by atoms with Gasteiger partial charge in [0, 0.05) is 16.6 Å². The van der Waals surface area contributed by atoms with Crippen LogP contribution in [0.2, 0.25) is 0 Å². The van der Waals surface area contributed by atoms with E-state index in [1.54, 1.807) is 6.07 Å². The maximum absolute atomic E-state index is 12.2. The van der Waals surface area contributed by atoms with E-state index in [2.05, 4.69) is 43.0 Å². The Hall–Kier alpha value is -1.97. The third-order valence-corrected chi connectivity index (χ3v) is 8.44. The Labute approximate surface area is 224 Å². The second-order valence-corrected chi connectivity index (χ2v) is 11.3. The van der Waals surface area contributed by atoms with E-state index in [-0.39, 0.29) is 12.6 Å². The van der Waals surface area contributed by atoms with Gasteiger partial charge in [-0.1, -0.05) is 45.2 Å². The number of unbranched alkanes of at least 4 members (excludes halogenated alkanes) is 2. The van der Waals surface area contributed by atoms with E-state index in [4.69, 9.17) is 9.84 Å². The van der Waals surface area contributed by atoms with Crippen LogP contribution in [0, 0.1) is 0 Å². The first-order valence-electron chi connectivity index (χ1n) is 13.6. The number of esters is 1. The summed E-state index contributed by atoms with van der Waals surface area (Å²) in [4.78, 5) is 15.9. The normalized spacial score (nSPS) is 20.1. The van der Waals surface area contributed by atoms with Gasteiger partial charge in [0.05, 0.1) is 6.61 Å². The third kappa shape index (κ3) is 8.52. The first kappa shape index (κ1) is 29.6. The number of rotatable bonds is 15. The molecule has 0 amide bonds. The van der Waals surface area contributed by atoms with Gasteiger partial charge in [-0.2, -0.15) is 0 Å². The quantitative estimate of drug-likeness (QED) is 0.195. The number of hydrogen-bond donors (Lipinski definition) is 4. The Morgan fingerprint density at radius 1 is 1.08 bits per heavy atom. The van der Waals surface area contributed by atoms with Crippen molar-refractivity contribution in [2.24, 2.45) is 0 Å². The number of hydrogen-bond acceptors (Lipinski definition) is 8. The molecule has 1 unspecified atom stereocenters. The van der Waals surface area contributed by atoms with E-state index >= 15 is 0 Å². The Kier molecular flexibility index (Phi) is 11.9. The highest BCUT2D eigenvalue weighted by atomic mass is 32.1. The maximum atomic E-state index is 12.2. The van der Waals surface area contributed by atoms with Crippen LogP contribution in [-0.2, 0) is 11.2 Å². The summed E-state index contributed by atoms with van der Waals surface area (Å²) >= 11 is 1.37. The smallest absolute Gasteiger partial charge is 0.348 e. The molecular weight excluding hydrogens is 490 g/mol. The van der Waals surface area contributed by atoms with Crippen LogP contribution < -0.4 is 4.90 Å². The molecule has 1 aliphatic rings. The minimum Gasteiger partial charge on any atom is -0.459 e. The summed E-state index contributed by atoms with van der Waals surface area (Å²) in [7, 11) is 0. The SMILES string of the molecule is CCCCC[C@H](C)c1ccc(N2C(O)CC[C@@H]2CCCc2ccc(C(=O)OC[C@@H](O)[C@H](O)CO)s2)cc1. The molecule has 0 radical (unpaired) electrons. The number of carbonyl (C=O) groups excluding carboxylic acids is 1. The molecule has 0 bridgehead atoms. The first-order valence-corrected chi connectivity index (χ1v) is 14.4. The van der Waals surface area contributed by atoms with Crippen molar-refractivity contribution in [1.29, 1.82) is 0 Å². The standard InChI is InChI=1S/C29H43NO6S/c1-3-4-5-7-20(2)21-10-12-23(13-11-21)30-22(14-17-28(30)34)8-6-9-24-15-16-27(37-24)29(35)36-19-26(33)25(32)18-31/h10-13,15-16,20,22,25-26,28,31-34H,3-9,14,17-19H2,1-2H3/t20-,22-,25+,26+,28?/m0/s1. The monoisotopic (exact) mass is 533 g/mol. The molecule has 3 rings (SSSR count). The molecule has 4 N–H and O–H groups in total. The zero-order valence-electron chi connectivity index (χ0n) is 22.1. The number of thiophene rings is 1. The first-order chi connectivity index (χ1) is 17.8. The van der Waals surface area contributed by atoms with E-state index in [1.165, 1.54) is 42.6 Å². The Bertz CT molecular complexity index is 948. The highest BCUT2D eigenvalue weighted by Gasteiger charge is 2.32. The number of aryl methyl sites for hydroxylation is 1. The molecule has 1 aromatic carbocycles. The summed E-state index contributed by atoms with van der Waals surface area (Å²) in [5.74, 6) is -0.00118. The molecule has 0 aliphatic carbocycles. The van der Waals surface area contributed by atoms with Crippen LogP contribution in [0.1, 0.15) is 91.2 Å². The summed E-state index contributed by atoms with van der Waals surface area (Å²) in [5.41, 5.74) is 2.44. The number of aliphatic hydroxyl groups excluding tert-OH is 4. The van der Waals surface area contributed by atoms with Crippen molar-refractivity contribution in [3.05, 3.63) is 51.7 Å². The van der Waals surface area contributed by atoms with Crippen LogP contribution in [0.15, 0.2) is 36.4 Å². The molecule has 7 nitrogen and oxygen atoms in total. The van der Waals surface area contributed by atoms with Crippen LogP contribution in [0.4, 0.5) is 5.69 Å². The third-order valence-electron chi connectivity index (χ3n) is 7.31. The summed E-state index contributed by atoms with van der Waals surface area (Å²) < 4.78 is 5.05.